The highest BCUT2D eigenvalue weighted by Crippen LogP contribution is 2.07. The van der Waals surface area contributed by atoms with Crippen LogP contribution in [0.25, 0.3) is 0 Å². The average Bonchev–Trinajstić information content (AvgIpc) is 2.28. The summed E-state index contributed by atoms with van der Waals surface area (Å²) in [7, 11) is 0. The van der Waals surface area contributed by atoms with Crippen LogP contribution in [0, 0.1) is 5.92 Å². The second-order valence-corrected chi connectivity index (χ2v) is 3.97. The number of carbonyl (C=O) groups excluding carboxylic acids is 1. The number of carbonyl (C=O) groups is 1. The first kappa shape index (κ1) is 12.4. The molecule has 0 radical (unpaired) electrons. The number of rotatable bonds is 4. The zero-order valence-electron chi connectivity index (χ0n) is 9.90. The van der Waals surface area contributed by atoms with Crippen molar-refractivity contribution in [2.45, 2.75) is 33.2 Å². The summed E-state index contributed by atoms with van der Waals surface area (Å²) >= 11 is 0. The van der Waals surface area contributed by atoms with E-state index in [9.17, 15) is 4.79 Å². The molecule has 1 rings (SSSR count). The van der Waals surface area contributed by atoms with E-state index < -0.39 is 0 Å². The van der Waals surface area contributed by atoms with E-state index >= 15 is 0 Å². The molecule has 2 unspecified atom stereocenters. The lowest BCUT2D eigenvalue weighted by molar-refractivity contribution is 0.0922. The van der Waals surface area contributed by atoms with E-state index in [2.05, 4.69) is 29.1 Å². The number of anilines is 1. The Morgan fingerprint density at radius 2 is 2.12 bits per heavy atom. The molecule has 1 aromatic heterocycles. The molecule has 0 aromatic carbocycles. The zero-order chi connectivity index (χ0) is 12.1. The fourth-order valence-electron chi connectivity index (χ4n) is 1.23. The Morgan fingerprint density at radius 3 is 2.62 bits per heavy atom. The lowest BCUT2D eigenvalue weighted by Crippen LogP contribution is -2.37. The summed E-state index contributed by atoms with van der Waals surface area (Å²) in [5.41, 5.74) is 5.69. The van der Waals surface area contributed by atoms with Gasteiger partial charge in [0.2, 0.25) is 0 Å². The number of nitrogen functional groups attached to an aromatic ring is 1. The van der Waals surface area contributed by atoms with Crippen LogP contribution in [0.4, 0.5) is 5.82 Å². The molecule has 0 saturated heterocycles. The molecular formula is C11H18N4O. The molecule has 88 valence electrons. The number of nitrogens with zero attached hydrogens (tertiary/aromatic N) is 2. The van der Waals surface area contributed by atoms with E-state index in [1.807, 2.05) is 6.92 Å². The number of hydrogen-bond acceptors (Lipinski definition) is 4. The summed E-state index contributed by atoms with van der Waals surface area (Å²) in [6.07, 6.45) is 3.78. The van der Waals surface area contributed by atoms with Gasteiger partial charge in [-0.15, -0.1) is 0 Å². The molecule has 0 saturated carbocycles. The molecule has 3 N–H and O–H groups in total. The van der Waals surface area contributed by atoms with E-state index in [4.69, 9.17) is 5.73 Å². The summed E-state index contributed by atoms with van der Waals surface area (Å²) in [6.45, 7) is 6.17. The molecule has 5 heteroatoms. The van der Waals surface area contributed by atoms with Gasteiger partial charge in [0.05, 0.1) is 12.4 Å². The molecule has 5 nitrogen and oxygen atoms in total. The highest BCUT2D eigenvalue weighted by atomic mass is 16.1. The third-order valence-corrected chi connectivity index (χ3v) is 2.76. The van der Waals surface area contributed by atoms with Crippen LogP contribution < -0.4 is 11.1 Å². The van der Waals surface area contributed by atoms with Crippen LogP contribution in [0.1, 0.15) is 37.7 Å². The van der Waals surface area contributed by atoms with Gasteiger partial charge in [0, 0.05) is 6.04 Å². The maximum atomic E-state index is 11.7. The quantitative estimate of drug-likeness (QED) is 0.802. The smallest absolute Gasteiger partial charge is 0.271 e. The Labute approximate surface area is 95.5 Å². The first-order chi connectivity index (χ1) is 7.54. The first-order valence-corrected chi connectivity index (χ1v) is 5.43. The van der Waals surface area contributed by atoms with Crippen LogP contribution >= 0.6 is 0 Å². The van der Waals surface area contributed by atoms with Crippen LogP contribution in [0.2, 0.25) is 0 Å². The Kier molecular flexibility index (Phi) is 4.22. The van der Waals surface area contributed by atoms with Gasteiger partial charge in [0.15, 0.2) is 0 Å². The van der Waals surface area contributed by atoms with Gasteiger partial charge in [0.25, 0.3) is 5.91 Å². The summed E-state index contributed by atoms with van der Waals surface area (Å²) in [5.74, 6) is 0.539. The van der Waals surface area contributed by atoms with Gasteiger partial charge in [-0.1, -0.05) is 20.3 Å². The van der Waals surface area contributed by atoms with E-state index in [0.717, 1.165) is 6.42 Å². The fourth-order valence-corrected chi connectivity index (χ4v) is 1.23. The van der Waals surface area contributed by atoms with Crippen molar-refractivity contribution >= 4 is 11.7 Å². The van der Waals surface area contributed by atoms with E-state index in [-0.39, 0.29) is 11.9 Å². The Balaban J connectivity index is 2.62. The third kappa shape index (κ3) is 3.18. The predicted octanol–water partition coefficient (Wildman–Crippen LogP) is 1.22. The first-order valence-electron chi connectivity index (χ1n) is 5.43. The van der Waals surface area contributed by atoms with Crippen molar-refractivity contribution in [3.63, 3.8) is 0 Å². The SMILES string of the molecule is CCC(C)C(C)NC(=O)c1cnc(N)cn1. The number of amides is 1. The molecule has 0 aliphatic heterocycles. The van der Waals surface area contributed by atoms with Crippen LogP contribution in [0.15, 0.2) is 12.4 Å². The molecule has 16 heavy (non-hydrogen) atoms. The van der Waals surface area contributed by atoms with Crippen LogP contribution in [0.5, 0.6) is 0 Å². The van der Waals surface area contributed by atoms with Gasteiger partial charge in [-0.25, -0.2) is 9.97 Å². The number of nitrogens with two attached hydrogens (primary N) is 1. The average molecular weight is 222 g/mol. The Morgan fingerprint density at radius 1 is 1.44 bits per heavy atom. The van der Waals surface area contributed by atoms with E-state index in [0.29, 0.717) is 17.4 Å². The number of aromatic nitrogens is 2. The minimum atomic E-state index is -0.208. The van der Waals surface area contributed by atoms with Gasteiger partial charge in [-0.2, -0.15) is 0 Å². The molecule has 0 aliphatic rings. The normalized spacial score (nSPS) is 14.2. The maximum Gasteiger partial charge on any atom is 0.271 e. The topological polar surface area (TPSA) is 80.9 Å². The zero-order valence-corrected chi connectivity index (χ0v) is 9.90. The Bertz CT molecular complexity index is 350. The van der Waals surface area contributed by atoms with Crippen molar-refractivity contribution in [1.29, 1.82) is 0 Å². The summed E-state index contributed by atoms with van der Waals surface area (Å²) in [4.78, 5) is 19.5. The summed E-state index contributed by atoms with van der Waals surface area (Å²) < 4.78 is 0. The minimum Gasteiger partial charge on any atom is -0.382 e. The van der Waals surface area contributed by atoms with Crippen molar-refractivity contribution in [2.24, 2.45) is 5.92 Å². The third-order valence-electron chi connectivity index (χ3n) is 2.76. The van der Waals surface area contributed by atoms with Crippen molar-refractivity contribution in [3.8, 4) is 0 Å². The molecule has 0 aliphatic carbocycles. The lowest BCUT2D eigenvalue weighted by atomic mass is 10.0. The van der Waals surface area contributed by atoms with Gasteiger partial charge in [-0.3, -0.25) is 4.79 Å². The lowest BCUT2D eigenvalue weighted by Gasteiger charge is -2.19. The van der Waals surface area contributed by atoms with Crippen LogP contribution in [-0.4, -0.2) is 21.9 Å². The number of nitrogens with one attached hydrogen (secondary N) is 1. The van der Waals surface area contributed by atoms with Crippen molar-refractivity contribution in [3.05, 3.63) is 18.1 Å². The minimum absolute atomic E-state index is 0.122. The van der Waals surface area contributed by atoms with Crippen LogP contribution in [0.3, 0.4) is 0 Å². The predicted molar refractivity (Wildman–Crippen MR) is 62.8 cm³/mol. The highest BCUT2D eigenvalue weighted by molar-refractivity contribution is 5.92. The molecular weight excluding hydrogens is 204 g/mol. The maximum absolute atomic E-state index is 11.7. The summed E-state index contributed by atoms with van der Waals surface area (Å²) in [5, 5.41) is 2.88. The standard InChI is InChI=1S/C11H18N4O/c1-4-7(2)8(3)15-11(16)9-5-14-10(12)6-13-9/h5-8H,4H2,1-3H3,(H2,12,14)(H,15,16). The van der Waals surface area contributed by atoms with Gasteiger partial charge < -0.3 is 11.1 Å². The molecule has 0 spiro atoms. The second-order valence-electron chi connectivity index (χ2n) is 3.97. The van der Waals surface area contributed by atoms with E-state index in [1.165, 1.54) is 12.4 Å². The molecule has 1 amide bonds. The van der Waals surface area contributed by atoms with Crippen LogP contribution in [-0.2, 0) is 0 Å². The fraction of sp³-hybridized carbons (Fsp3) is 0.545. The van der Waals surface area contributed by atoms with Crippen molar-refractivity contribution in [2.75, 3.05) is 5.73 Å². The molecule has 1 heterocycles. The van der Waals surface area contributed by atoms with Gasteiger partial charge in [0.1, 0.15) is 11.5 Å². The van der Waals surface area contributed by atoms with Gasteiger partial charge in [-0.05, 0) is 12.8 Å². The largest absolute Gasteiger partial charge is 0.382 e. The molecule has 0 bridgehead atoms. The van der Waals surface area contributed by atoms with Crippen molar-refractivity contribution in [1.82, 2.24) is 15.3 Å². The monoisotopic (exact) mass is 222 g/mol. The molecule has 1 aromatic rings. The number of hydrogen-bond donors (Lipinski definition) is 2. The highest BCUT2D eigenvalue weighted by Gasteiger charge is 2.15. The van der Waals surface area contributed by atoms with Crippen molar-refractivity contribution < 1.29 is 4.79 Å². The molecule has 0 fully saturated rings. The van der Waals surface area contributed by atoms with E-state index in [1.54, 1.807) is 0 Å². The molecule has 2 atom stereocenters. The second kappa shape index (κ2) is 5.44. The van der Waals surface area contributed by atoms with Gasteiger partial charge >= 0.3 is 0 Å². The summed E-state index contributed by atoms with van der Waals surface area (Å²) in [6, 6.07) is 0.122. The Hall–Kier alpha value is -1.65.